The molecule has 0 bridgehead atoms. The van der Waals surface area contributed by atoms with Gasteiger partial charge in [0.2, 0.25) is 0 Å². The summed E-state index contributed by atoms with van der Waals surface area (Å²) >= 11 is 0. The summed E-state index contributed by atoms with van der Waals surface area (Å²) in [4.78, 5) is 39.4. The predicted octanol–water partition coefficient (Wildman–Crippen LogP) is 3.76. The smallest absolute Gasteiger partial charge is 0.309 e. The molecule has 0 saturated heterocycles. The molecule has 0 spiro atoms. The largest absolute Gasteiger partial charge is 0.356 e. The van der Waals surface area contributed by atoms with Gasteiger partial charge in [0.1, 0.15) is 0 Å². The van der Waals surface area contributed by atoms with Crippen LogP contribution in [0.25, 0.3) is 11.1 Å². The second kappa shape index (κ2) is 9.87. The van der Waals surface area contributed by atoms with E-state index in [1.807, 2.05) is 0 Å². The van der Waals surface area contributed by atoms with Gasteiger partial charge >= 0.3 is 13.3 Å². The van der Waals surface area contributed by atoms with Crippen molar-refractivity contribution in [2.24, 2.45) is 0 Å². The van der Waals surface area contributed by atoms with Crippen molar-refractivity contribution in [1.82, 2.24) is 9.13 Å². The molecule has 0 fully saturated rings. The van der Waals surface area contributed by atoms with E-state index in [0.717, 1.165) is 0 Å². The molecule has 3 rings (SSSR count). The highest BCUT2D eigenvalue weighted by molar-refractivity contribution is 7.58. The lowest BCUT2D eigenvalue weighted by molar-refractivity contribution is 0.0949. The molecule has 8 nitrogen and oxygen atoms in total. The molecule has 0 radical (unpaired) electrons. The summed E-state index contributed by atoms with van der Waals surface area (Å²) in [6.07, 6.45) is 2.90. The average Bonchev–Trinajstić information content (AvgIpc) is 2.83. The minimum atomic E-state index is -3.47. The Bertz CT molecular complexity index is 1300. The molecule has 0 amide bonds. The molecule has 0 aliphatic heterocycles. The van der Waals surface area contributed by atoms with Crippen LogP contribution in [-0.4, -0.2) is 29.3 Å². The third kappa shape index (κ3) is 4.62. The van der Waals surface area contributed by atoms with E-state index in [2.05, 4.69) is 0 Å². The van der Waals surface area contributed by atoms with Crippen LogP contribution in [-0.2, 0) is 20.2 Å². The molecular weight excluding hydrogens is 431 g/mol. The van der Waals surface area contributed by atoms with Gasteiger partial charge in [-0.15, -0.1) is 0 Å². The number of allylic oxidation sites excluding steroid dienone is 2. The molecule has 0 aliphatic carbocycles. The first-order valence-corrected chi connectivity index (χ1v) is 11.3. The van der Waals surface area contributed by atoms with Crippen molar-refractivity contribution in [3.05, 3.63) is 105 Å². The average molecular weight is 454 g/mol. The molecule has 166 valence electrons. The Morgan fingerprint density at radius 1 is 0.969 bits per heavy atom. The number of benzene rings is 2. The summed E-state index contributed by atoms with van der Waals surface area (Å²) < 4.78 is 24.3. The van der Waals surface area contributed by atoms with Crippen LogP contribution < -0.4 is 11.2 Å². The minimum Gasteiger partial charge on any atom is -0.309 e. The van der Waals surface area contributed by atoms with Crippen LogP contribution in [0.2, 0.25) is 0 Å². The summed E-state index contributed by atoms with van der Waals surface area (Å²) in [5.74, 6) is -0.729. The van der Waals surface area contributed by atoms with E-state index >= 15 is 0 Å². The van der Waals surface area contributed by atoms with E-state index in [-0.39, 0.29) is 17.7 Å². The second-order valence-electron chi connectivity index (χ2n) is 6.86. The maximum absolute atomic E-state index is 13.2. The summed E-state index contributed by atoms with van der Waals surface area (Å²) in [5, 5.41) is 0.294. The van der Waals surface area contributed by atoms with Crippen LogP contribution in [0, 0.1) is 0 Å². The number of hydrogen-bond acceptors (Lipinski definition) is 6. The zero-order valence-electron chi connectivity index (χ0n) is 17.9. The lowest BCUT2D eigenvalue weighted by Crippen LogP contribution is -2.44. The first-order valence-electron chi connectivity index (χ1n) is 9.73. The molecule has 1 aromatic heterocycles. The van der Waals surface area contributed by atoms with Gasteiger partial charge in [0, 0.05) is 37.8 Å². The molecule has 3 aromatic rings. The Kier molecular flexibility index (Phi) is 7.20. The van der Waals surface area contributed by atoms with Gasteiger partial charge in [-0.1, -0.05) is 54.6 Å². The Morgan fingerprint density at radius 3 is 2.09 bits per heavy atom. The van der Waals surface area contributed by atoms with Crippen molar-refractivity contribution >= 4 is 13.5 Å². The van der Waals surface area contributed by atoms with Gasteiger partial charge in [-0.25, -0.2) is 4.79 Å². The van der Waals surface area contributed by atoms with Gasteiger partial charge in [0.25, 0.3) is 11.5 Å². The number of rotatable bonds is 7. The molecule has 0 aliphatic rings. The van der Waals surface area contributed by atoms with Crippen molar-refractivity contribution in [3.63, 3.8) is 0 Å². The predicted molar refractivity (Wildman–Crippen MR) is 122 cm³/mol. The highest BCUT2D eigenvalue weighted by atomic mass is 31.2. The van der Waals surface area contributed by atoms with Crippen molar-refractivity contribution < 1.29 is 18.4 Å². The normalized spacial score (nSPS) is 12.0. The quantitative estimate of drug-likeness (QED) is 0.505. The van der Waals surface area contributed by atoms with Crippen LogP contribution in [0.3, 0.4) is 0 Å². The van der Waals surface area contributed by atoms with E-state index in [1.54, 1.807) is 55.5 Å². The SMILES string of the molecule is COP(=O)(OC)/C(C)=C/Cn1cc(-c2ccccc2)c(=O)n(C(=O)c2ccccc2)c1=O. The van der Waals surface area contributed by atoms with Gasteiger partial charge in [-0.2, -0.15) is 4.57 Å². The maximum Gasteiger partial charge on any atom is 0.356 e. The van der Waals surface area contributed by atoms with Crippen molar-refractivity contribution in [1.29, 1.82) is 0 Å². The third-order valence-electron chi connectivity index (χ3n) is 4.96. The summed E-state index contributed by atoms with van der Waals surface area (Å²) in [6, 6.07) is 16.8. The highest BCUT2D eigenvalue weighted by Gasteiger charge is 2.24. The fraction of sp³-hybridized carbons (Fsp3) is 0.174. The zero-order chi connectivity index (χ0) is 23.3. The van der Waals surface area contributed by atoms with Gasteiger partial charge < -0.3 is 9.05 Å². The molecule has 0 atom stereocenters. The lowest BCUT2D eigenvalue weighted by Gasteiger charge is -2.15. The fourth-order valence-corrected chi connectivity index (χ4v) is 4.17. The van der Waals surface area contributed by atoms with Crippen molar-refractivity contribution in [2.45, 2.75) is 13.5 Å². The monoisotopic (exact) mass is 454 g/mol. The molecule has 0 unspecified atom stereocenters. The second-order valence-corrected chi connectivity index (χ2v) is 9.29. The topological polar surface area (TPSA) is 96.6 Å². The van der Waals surface area contributed by atoms with Crippen molar-refractivity contribution in [3.8, 4) is 11.1 Å². The molecule has 1 heterocycles. The van der Waals surface area contributed by atoms with Crippen LogP contribution in [0.1, 0.15) is 17.3 Å². The van der Waals surface area contributed by atoms with Crippen LogP contribution in [0.4, 0.5) is 0 Å². The van der Waals surface area contributed by atoms with E-state index in [9.17, 15) is 18.9 Å². The van der Waals surface area contributed by atoms with Gasteiger partial charge in [0.05, 0.1) is 5.56 Å². The molecule has 0 N–H and O–H groups in total. The van der Waals surface area contributed by atoms with Crippen LogP contribution in [0.5, 0.6) is 0 Å². The fourth-order valence-electron chi connectivity index (χ4n) is 3.14. The molecular formula is C23H23N2O6P. The summed E-state index contributed by atoms with van der Waals surface area (Å²) in [6.45, 7) is 1.51. The molecule has 32 heavy (non-hydrogen) atoms. The third-order valence-corrected chi connectivity index (χ3v) is 6.97. The Labute approximate surface area is 184 Å². The maximum atomic E-state index is 13.2. The summed E-state index contributed by atoms with van der Waals surface area (Å²) in [5.41, 5.74) is -0.578. The number of carbonyl (C=O) groups is 1. The zero-order valence-corrected chi connectivity index (χ0v) is 18.8. The molecule has 0 saturated carbocycles. The standard InChI is InChI=1S/C23H23N2O6P/c1-17(32(29,30-2)31-3)14-15-24-16-20(18-10-6-4-7-11-18)22(27)25(23(24)28)21(26)19-12-8-5-9-13-19/h4-14,16H,15H2,1-3H3/b17-14+. The Hall–Kier alpha value is -3.32. The number of hydrogen-bond donors (Lipinski definition) is 0. The van der Waals surface area contributed by atoms with E-state index in [1.165, 1.54) is 43.2 Å². The number of carbonyl (C=O) groups excluding carboxylic acids is 1. The highest BCUT2D eigenvalue weighted by Crippen LogP contribution is 2.54. The number of nitrogens with zero attached hydrogens (tertiary/aromatic N) is 2. The molecule has 9 heteroatoms. The lowest BCUT2D eigenvalue weighted by atomic mass is 10.1. The Morgan fingerprint density at radius 2 is 1.53 bits per heavy atom. The number of aromatic nitrogens is 2. The van der Waals surface area contributed by atoms with Gasteiger partial charge in [-0.3, -0.25) is 18.7 Å². The van der Waals surface area contributed by atoms with E-state index in [0.29, 0.717) is 15.4 Å². The van der Waals surface area contributed by atoms with Gasteiger partial charge in [0.15, 0.2) is 0 Å². The van der Waals surface area contributed by atoms with Gasteiger partial charge in [-0.05, 0) is 24.6 Å². The van der Waals surface area contributed by atoms with E-state index < -0.39 is 24.8 Å². The van der Waals surface area contributed by atoms with Crippen molar-refractivity contribution in [2.75, 3.05) is 14.2 Å². The Balaban J connectivity index is 2.20. The first-order chi connectivity index (χ1) is 15.3. The van der Waals surface area contributed by atoms with E-state index in [4.69, 9.17) is 9.05 Å². The summed E-state index contributed by atoms with van der Waals surface area (Å²) in [7, 11) is -0.944. The first kappa shape index (κ1) is 23.3. The molecule has 2 aromatic carbocycles. The van der Waals surface area contributed by atoms with Crippen LogP contribution >= 0.6 is 7.60 Å². The minimum absolute atomic E-state index is 0.0520. The van der Waals surface area contributed by atoms with Crippen LogP contribution in [0.15, 0.2) is 87.8 Å².